The van der Waals surface area contributed by atoms with E-state index in [0.29, 0.717) is 8.61 Å². The van der Waals surface area contributed by atoms with Crippen LogP contribution in [0.5, 0.6) is 5.75 Å². The van der Waals surface area contributed by atoms with Crippen molar-refractivity contribution in [3.63, 3.8) is 0 Å². The van der Waals surface area contributed by atoms with Gasteiger partial charge in [-0.25, -0.2) is 21.6 Å². The molecule has 0 radical (unpaired) electrons. The average molecular weight is 607 g/mol. The highest BCUT2D eigenvalue weighted by Crippen LogP contribution is 2.37. The smallest absolute Gasteiger partial charge is 0.341 e. The molecule has 0 fully saturated rings. The quantitative estimate of drug-likeness (QED) is 0.258. The molecular formula is C26H26N2O11S2. The number of rotatable bonds is 13. The first-order valence-corrected chi connectivity index (χ1v) is 14.6. The number of carboxylic acid groups (broad SMARTS) is 3. The summed E-state index contributed by atoms with van der Waals surface area (Å²) in [5, 5.41) is 28.2. The first kappa shape index (κ1) is 30.9. The van der Waals surface area contributed by atoms with Gasteiger partial charge in [-0.15, -0.1) is 0 Å². The van der Waals surface area contributed by atoms with Crippen molar-refractivity contribution in [3.8, 4) is 5.75 Å². The van der Waals surface area contributed by atoms with Crippen molar-refractivity contribution in [1.82, 2.24) is 0 Å². The lowest BCUT2D eigenvalue weighted by atomic mass is 10.2. The van der Waals surface area contributed by atoms with E-state index in [2.05, 4.69) is 0 Å². The second-order valence-corrected chi connectivity index (χ2v) is 12.5. The van der Waals surface area contributed by atoms with Crippen molar-refractivity contribution < 1.29 is 51.3 Å². The molecule has 3 N–H and O–H groups in total. The molecule has 0 unspecified atom stereocenters. The Balaban J connectivity index is 2.23. The van der Waals surface area contributed by atoms with Crippen LogP contribution < -0.4 is 13.3 Å². The Bertz CT molecular complexity index is 1670. The molecule has 41 heavy (non-hydrogen) atoms. The lowest BCUT2D eigenvalue weighted by Crippen LogP contribution is -2.37. The Morgan fingerprint density at radius 3 is 1.54 bits per heavy atom. The van der Waals surface area contributed by atoms with Crippen LogP contribution in [0.25, 0.3) is 0 Å². The van der Waals surface area contributed by atoms with Crippen LogP contribution in [0.15, 0.2) is 76.5 Å². The number of sulfonamides is 2. The van der Waals surface area contributed by atoms with Crippen LogP contribution in [-0.2, 0) is 34.4 Å². The molecule has 0 aliphatic heterocycles. The molecule has 3 aromatic carbocycles. The number of benzene rings is 3. The number of ether oxygens (including phenoxy) is 1. The highest BCUT2D eigenvalue weighted by Gasteiger charge is 2.32. The molecule has 0 amide bonds. The van der Waals surface area contributed by atoms with E-state index in [1.165, 1.54) is 48.5 Å². The van der Waals surface area contributed by atoms with Gasteiger partial charge in [0, 0.05) is 6.07 Å². The molecule has 0 saturated heterocycles. The lowest BCUT2D eigenvalue weighted by molar-refractivity contribution is -0.139. The number of hydrogen-bond donors (Lipinski definition) is 3. The predicted octanol–water partition coefficient (Wildman–Crippen LogP) is 2.33. The van der Waals surface area contributed by atoms with Crippen molar-refractivity contribution in [2.75, 3.05) is 28.3 Å². The summed E-state index contributed by atoms with van der Waals surface area (Å²) < 4.78 is 60.2. The predicted molar refractivity (Wildman–Crippen MR) is 146 cm³/mol. The van der Waals surface area contributed by atoms with E-state index < -0.39 is 69.1 Å². The summed E-state index contributed by atoms with van der Waals surface area (Å²) in [6, 6.07) is 14.1. The van der Waals surface area contributed by atoms with Crippen molar-refractivity contribution in [2.45, 2.75) is 23.6 Å². The summed E-state index contributed by atoms with van der Waals surface area (Å²) in [4.78, 5) is 34.1. The molecule has 0 atom stereocenters. The zero-order chi connectivity index (χ0) is 30.5. The van der Waals surface area contributed by atoms with Crippen LogP contribution in [-0.4, -0.2) is 69.8 Å². The van der Waals surface area contributed by atoms with Gasteiger partial charge in [0.2, 0.25) is 0 Å². The summed E-state index contributed by atoms with van der Waals surface area (Å²) in [7, 11) is -9.04. The minimum Gasteiger partial charge on any atom is -0.480 e. The van der Waals surface area contributed by atoms with Gasteiger partial charge in [-0.05, 0) is 50.2 Å². The molecule has 3 rings (SSSR count). The molecule has 218 valence electrons. The Hall–Kier alpha value is -4.63. The zero-order valence-corrected chi connectivity index (χ0v) is 23.4. The highest BCUT2D eigenvalue weighted by molar-refractivity contribution is 7.93. The highest BCUT2D eigenvalue weighted by atomic mass is 32.2. The molecule has 0 heterocycles. The molecule has 0 spiro atoms. The van der Waals surface area contributed by atoms with Crippen molar-refractivity contribution >= 4 is 49.3 Å². The van der Waals surface area contributed by atoms with Crippen LogP contribution in [0.3, 0.4) is 0 Å². The van der Waals surface area contributed by atoms with E-state index in [4.69, 9.17) is 4.74 Å². The van der Waals surface area contributed by atoms with Gasteiger partial charge in [-0.1, -0.05) is 35.4 Å². The van der Waals surface area contributed by atoms with E-state index in [1.54, 1.807) is 13.8 Å². The van der Waals surface area contributed by atoms with Crippen molar-refractivity contribution in [1.29, 1.82) is 0 Å². The third-order valence-electron chi connectivity index (χ3n) is 5.63. The number of aryl methyl sites for hydroxylation is 2. The molecule has 15 heteroatoms. The van der Waals surface area contributed by atoms with Gasteiger partial charge in [0.15, 0.2) is 6.61 Å². The SMILES string of the molecule is Cc1ccc(S(=O)(=O)N(CC(=O)O)c2ccc(N(CC(=O)O)S(=O)(=O)c3ccc(C)cc3)c(OCC(=O)O)c2)cc1. The molecule has 13 nitrogen and oxygen atoms in total. The number of nitrogens with zero attached hydrogens (tertiary/aromatic N) is 2. The number of carbonyl (C=O) groups is 3. The fourth-order valence-electron chi connectivity index (χ4n) is 3.65. The Morgan fingerprint density at radius 1 is 0.659 bits per heavy atom. The molecule has 3 aromatic rings. The molecule has 0 saturated carbocycles. The van der Waals surface area contributed by atoms with Gasteiger partial charge in [-0.3, -0.25) is 18.2 Å². The van der Waals surface area contributed by atoms with Crippen LogP contribution >= 0.6 is 0 Å². The van der Waals surface area contributed by atoms with Gasteiger partial charge < -0.3 is 20.1 Å². The molecular weight excluding hydrogens is 580 g/mol. The maximum Gasteiger partial charge on any atom is 0.341 e. The lowest BCUT2D eigenvalue weighted by Gasteiger charge is -2.27. The molecule has 0 bridgehead atoms. The minimum atomic E-state index is -4.56. The molecule has 0 aliphatic rings. The number of carboxylic acids is 3. The van der Waals surface area contributed by atoms with E-state index in [9.17, 15) is 46.5 Å². The van der Waals surface area contributed by atoms with Gasteiger partial charge in [0.05, 0.1) is 21.2 Å². The van der Waals surface area contributed by atoms with E-state index in [1.807, 2.05) is 0 Å². The fourth-order valence-corrected chi connectivity index (χ4v) is 6.49. The first-order valence-electron chi connectivity index (χ1n) is 11.7. The van der Waals surface area contributed by atoms with E-state index in [-0.39, 0.29) is 15.5 Å². The van der Waals surface area contributed by atoms with Gasteiger partial charge in [0.25, 0.3) is 20.0 Å². The first-order chi connectivity index (χ1) is 19.1. The van der Waals surface area contributed by atoms with E-state index in [0.717, 1.165) is 29.3 Å². The maximum atomic E-state index is 13.5. The van der Waals surface area contributed by atoms with Gasteiger partial charge >= 0.3 is 17.9 Å². The minimum absolute atomic E-state index is 0.240. The topological polar surface area (TPSA) is 196 Å². The van der Waals surface area contributed by atoms with Gasteiger partial charge in [0.1, 0.15) is 18.8 Å². The van der Waals surface area contributed by atoms with Crippen LogP contribution in [0.4, 0.5) is 11.4 Å². The van der Waals surface area contributed by atoms with Crippen molar-refractivity contribution in [2.24, 2.45) is 0 Å². The van der Waals surface area contributed by atoms with Crippen LogP contribution in [0, 0.1) is 13.8 Å². The third-order valence-corrected chi connectivity index (χ3v) is 9.19. The van der Waals surface area contributed by atoms with Gasteiger partial charge in [-0.2, -0.15) is 0 Å². The molecule has 0 aliphatic carbocycles. The van der Waals surface area contributed by atoms with Crippen LogP contribution in [0.1, 0.15) is 11.1 Å². The second kappa shape index (κ2) is 12.3. The summed E-state index contributed by atoms with van der Waals surface area (Å²) in [5.74, 6) is -5.06. The van der Waals surface area contributed by atoms with Crippen LogP contribution in [0.2, 0.25) is 0 Å². The zero-order valence-electron chi connectivity index (χ0n) is 21.8. The Kier molecular flexibility index (Phi) is 9.24. The maximum absolute atomic E-state index is 13.5. The Labute approximate surface area is 235 Å². The summed E-state index contributed by atoms with van der Waals surface area (Å²) in [5.41, 5.74) is 0.758. The monoisotopic (exact) mass is 606 g/mol. The molecule has 0 aromatic heterocycles. The summed E-state index contributed by atoms with van der Waals surface area (Å²) >= 11 is 0. The number of hydrogen-bond acceptors (Lipinski definition) is 8. The number of aliphatic carboxylic acids is 3. The fraction of sp³-hybridized carbons (Fsp3) is 0.192. The third kappa shape index (κ3) is 7.32. The van der Waals surface area contributed by atoms with Crippen molar-refractivity contribution in [3.05, 3.63) is 77.9 Å². The average Bonchev–Trinajstić information content (AvgIpc) is 2.89. The normalized spacial score (nSPS) is 11.5. The largest absolute Gasteiger partial charge is 0.480 e. The summed E-state index contributed by atoms with van der Waals surface area (Å²) in [6.45, 7) is 0.290. The summed E-state index contributed by atoms with van der Waals surface area (Å²) in [6.07, 6.45) is 0. The Morgan fingerprint density at radius 2 is 1.10 bits per heavy atom. The number of anilines is 2. The van der Waals surface area contributed by atoms with E-state index >= 15 is 0 Å². The standard InChI is InChI=1S/C26H26N2O11S2/c1-17-3-8-20(9-4-17)40(35,36)27(14-24(29)30)19-7-12-22(23(13-19)39-16-26(33)34)28(15-25(31)32)41(37,38)21-10-5-18(2)6-11-21/h3-13H,14-16H2,1-2H3,(H,29,30)(H,31,32)(H,33,34). The second-order valence-electron chi connectivity index (χ2n) is 8.77.